The van der Waals surface area contributed by atoms with Crippen LogP contribution in [0.25, 0.3) is 0 Å². The minimum atomic E-state index is -3.87. The number of pyridine rings is 1. The Labute approximate surface area is 225 Å². The number of nitrogens with zero attached hydrogens (tertiary/aromatic N) is 3. The second-order valence-corrected chi connectivity index (χ2v) is 13.4. The summed E-state index contributed by atoms with van der Waals surface area (Å²) >= 11 is 0. The molecule has 1 aromatic heterocycles. The summed E-state index contributed by atoms with van der Waals surface area (Å²) in [5, 5.41) is 0. The Morgan fingerprint density at radius 3 is 1.50 bits per heavy atom. The lowest BCUT2D eigenvalue weighted by Crippen LogP contribution is -2.40. The molecular formula is C28H33N3O5S2. The standard InChI is InChI=1S/C28H33N3O5S2/c1-21-5-9-27(10-6-21)37(32,33)30-15-13-24-17-26(36-4)18-25(29-24)14-16-31(20-23(3)19-30)38(34,35)28-11-7-22(2)8-12-28/h5-12,17-18H,3,13-16,19-20H2,1-2,4H3. The maximum Gasteiger partial charge on any atom is 0.243 e. The van der Waals surface area contributed by atoms with Gasteiger partial charge in [-0.25, -0.2) is 16.8 Å². The van der Waals surface area contributed by atoms with E-state index in [0.29, 0.717) is 35.6 Å². The fourth-order valence-electron chi connectivity index (χ4n) is 4.31. The molecule has 0 spiro atoms. The molecule has 0 saturated heterocycles. The number of aryl methyl sites for hydroxylation is 2. The van der Waals surface area contributed by atoms with E-state index in [0.717, 1.165) is 11.1 Å². The van der Waals surface area contributed by atoms with Crippen LogP contribution in [0.1, 0.15) is 22.5 Å². The molecular weight excluding hydrogens is 522 g/mol. The highest BCUT2D eigenvalue weighted by Gasteiger charge is 2.29. The molecule has 202 valence electrons. The van der Waals surface area contributed by atoms with Gasteiger partial charge in [0.2, 0.25) is 20.0 Å². The number of sulfonamides is 2. The quantitative estimate of drug-likeness (QED) is 0.445. The van der Waals surface area contributed by atoms with Gasteiger partial charge in [0.25, 0.3) is 0 Å². The number of methoxy groups -OCH3 is 1. The minimum Gasteiger partial charge on any atom is -0.497 e. The van der Waals surface area contributed by atoms with Crippen LogP contribution in [0.15, 0.2) is 82.6 Å². The molecule has 1 aliphatic rings. The second kappa shape index (κ2) is 11.4. The lowest BCUT2D eigenvalue weighted by Gasteiger charge is -2.28. The zero-order valence-corrected chi connectivity index (χ0v) is 23.6. The van der Waals surface area contributed by atoms with Gasteiger partial charge in [0, 0.05) is 62.5 Å². The van der Waals surface area contributed by atoms with Crippen molar-refractivity contribution < 1.29 is 21.6 Å². The van der Waals surface area contributed by atoms with Gasteiger partial charge in [0.1, 0.15) is 5.75 Å². The highest BCUT2D eigenvalue weighted by molar-refractivity contribution is 7.89. The van der Waals surface area contributed by atoms with Crippen molar-refractivity contribution in [1.82, 2.24) is 13.6 Å². The van der Waals surface area contributed by atoms with Crippen molar-refractivity contribution in [2.75, 3.05) is 33.3 Å². The van der Waals surface area contributed by atoms with Gasteiger partial charge in [-0.15, -0.1) is 0 Å². The summed E-state index contributed by atoms with van der Waals surface area (Å²) < 4.78 is 62.7. The zero-order chi connectivity index (χ0) is 27.5. The van der Waals surface area contributed by atoms with Crippen LogP contribution in [0.2, 0.25) is 0 Å². The molecule has 10 heteroatoms. The van der Waals surface area contributed by atoms with E-state index in [4.69, 9.17) is 9.72 Å². The third kappa shape index (κ3) is 6.32. The Morgan fingerprint density at radius 1 is 0.737 bits per heavy atom. The van der Waals surface area contributed by atoms with Gasteiger partial charge in [-0.1, -0.05) is 42.0 Å². The molecule has 2 heterocycles. The van der Waals surface area contributed by atoms with E-state index in [2.05, 4.69) is 6.58 Å². The first-order chi connectivity index (χ1) is 18.0. The zero-order valence-electron chi connectivity index (χ0n) is 21.9. The monoisotopic (exact) mass is 555 g/mol. The molecule has 3 aromatic rings. The third-order valence-electron chi connectivity index (χ3n) is 6.49. The van der Waals surface area contributed by atoms with Crippen LogP contribution in [-0.4, -0.2) is 63.7 Å². The molecule has 38 heavy (non-hydrogen) atoms. The molecule has 0 aliphatic carbocycles. The largest absolute Gasteiger partial charge is 0.497 e. The van der Waals surface area contributed by atoms with Crippen LogP contribution in [-0.2, 0) is 32.9 Å². The van der Waals surface area contributed by atoms with Crippen LogP contribution < -0.4 is 4.74 Å². The molecule has 0 saturated carbocycles. The summed E-state index contributed by atoms with van der Waals surface area (Å²) in [5.41, 5.74) is 3.72. The lowest BCUT2D eigenvalue weighted by atomic mass is 10.2. The molecule has 2 aromatic carbocycles. The van der Waals surface area contributed by atoms with Crippen molar-refractivity contribution in [3.63, 3.8) is 0 Å². The molecule has 0 amide bonds. The van der Waals surface area contributed by atoms with Gasteiger partial charge in [0.15, 0.2) is 0 Å². The highest BCUT2D eigenvalue weighted by Crippen LogP contribution is 2.23. The average molecular weight is 556 g/mol. The highest BCUT2D eigenvalue weighted by atomic mass is 32.2. The van der Waals surface area contributed by atoms with E-state index in [1.165, 1.54) is 8.61 Å². The van der Waals surface area contributed by atoms with E-state index in [1.807, 2.05) is 13.8 Å². The number of rotatable bonds is 5. The summed E-state index contributed by atoms with van der Waals surface area (Å²) in [4.78, 5) is 5.04. The van der Waals surface area contributed by atoms with Crippen molar-refractivity contribution >= 4 is 20.0 Å². The van der Waals surface area contributed by atoms with Gasteiger partial charge in [-0.3, -0.25) is 4.98 Å². The van der Waals surface area contributed by atoms with E-state index in [9.17, 15) is 16.8 Å². The number of benzene rings is 2. The Balaban J connectivity index is 1.74. The van der Waals surface area contributed by atoms with Crippen LogP contribution >= 0.6 is 0 Å². The Bertz CT molecular complexity index is 1410. The second-order valence-electron chi connectivity index (χ2n) is 9.54. The molecule has 0 atom stereocenters. The Morgan fingerprint density at radius 2 is 1.13 bits per heavy atom. The molecule has 0 N–H and O–H groups in total. The lowest BCUT2D eigenvalue weighted by molar-refractivity contribution is 0.396. The van der Waals surface area contributed by atoms with Crippen molar-refractivity contribution in [2.24, 2.45) is 0 Å². The fraction of sp³-hybridized carbons (Fsp3) is 0.321. The van der Waals surface area contributed by atoms with Gasteiger partial charge in [-0.05, 0) is 43.7 Å². The van der Waals surface area contributed by atoms with Gasteiger partial charge >= 0.3 is 0 Å². The van der Waals surface area contributed by atoms with Gasteiger partial charge < -0.3 is 4.74 Å². The molecule has 0 fully saturated rings. The first-order valence-electron chi connectivity index (χ1n) is 12.3. The van der Waals surface area contributed by atoms with E-state index >= 15 is 0 Å². The Hall–Kier alpha value is -3.05. The molecule has 0 unspecified atom stereocenters. The van der Waals surface area contributed by atoms with Crippen LogP contribution in [0, 0.1) is 13.8 Å². The molecule has 0 radical (unpaired) electrons. The topological polar surface area (TPSA) is 96.9 Å². The first-order valence-corrected chi connectivity index (χ1v) is 15.2. The number of ether oxygens (including phenoxy) is 1. The predicted octanol–water partition coefficient (Wildman–Crippen LogP) is 3.74. The van der Waals surface area contributed by atoms with Crippen LogP contribution in [0.4, 0.5) is 0 Å². The van der Waals surface area contributed by atoms with E-state index in [1.54, 1.807) is 67.8 Å². The average Bonchev–Trinajstić information content (AvgIpc) is 2.88. The van der Waals surface area contributed by atoms with Gasteiger partial charge in [0.05, 0.1) is 16.9 Å². The first kappa shape index (κ1) is 28.0. The van der Waals surface area contributed by atoms with Crippen molar-refractivity contribution in [2.45, 2.75) is 36.5 Å². The third-order valence-corrected chi connectivity index (χ3v) is 10.2. The number of aromatic nitrogens is 1. The van der Waals surface area contributed by atoms with Crippen molar-refractivity contribution in [3.05, 3.63) is 95.3 Å². The van der Waals surface area contributed by atoms with E-state index in [-0.39, 0.29) is 36.0 Å². The fourth-order valence-corrected chi connectivity index (χ4v) is 7.23. The summed E-state index contributed by atoms with van der Waals surface area (Å²) in [5.74, 6) is 0.590. The summed E-state index contributed by atoms with van der Waals surface area (Å²) in [6.07, 6.45) is 0.738. The smallest absolute Gasteiger partial charge is 0.243 e. The van der Waals surface area contributed by atoms with Gasteiger partial charge in [-0.2, -0.15) is 8.61 Å². The molecule has 8 nitrogen and oxygen atoms in total. The summed E-state index contributed by atoms with van der Waals surface area (Å²) in [6.45, 7) is 8.14. The van der Waals surface area contributed by atoms with Crippen LogP contribution in [0.3, 0.4) is 0 Å². The SMILES string of the molecule is C=C1CN(S(=O)(=O)c2ccc(C)cc2)CCc2cc(OC)cc(n2)CCN(S(=O)(=O)c2ccc(C)cc2)C1. The van der Waals surface area contributed by atoms with E-state index < -0.39 is 20.0 Å². The maximum absolute atomic E-state index is 13.6. The molecule has 1 aliphatic heterocycles. The maximum atomic E-state index is 13.6. The molecule has 4 rings (SSSR count). The van der Waals surface area contributed by atoms with Crippen LogP contribution in [0.5, 0.6) is 5.75 Å². The molecule has 2 bridgehead atoms. The predicted molar refractivity (Wildman–Crippen MR) is 147 cm³/mol. The minimum absolute atomic E-state index is 0.0209. The van der Waals surface area contributed by atoms with Crippen molar-refractivity contribution in [1.29, 1.82) is 0 Å². The normalized spacial score (nSPS) is 16.4. The van der Waals surface area contributed by atoms with Crippen molar-refractivity contribution in [3.8, 4) is 5.75 Å². The summed E-state index contributed by atoms with van der Waals surface area (Å²) in [7, 11) is -6.19. The number of hydrogen-bond donors (Lipinski definition) is 0. The Kier molecular flexibility index (Phi) is 8.37. The number of fused-ring (bicyclic) bond motifs is 2. The number of hydrogen-bond acceptors (Lipinski definition) is 6. The summed E-state index contributed by atoms with van der Waals surface area (Å²) in [6, 6.07) is 16.9.